The summed E-state index contributed by atoms with van der Waals surface area (Å²) in [5.41, 5.74) is 1.72. The van der Waals surface area contributed by atoms with Gasteiger partial charge in [0.05, 0.1) is 39.6 Å². The fourth-order valence-corrected chi connectivity index (χ4v) is 2.31. The van der Waals surface area contributed by atoms with Crippen molar-refractivity contribution in [2.75, 3.05) is 80.1 Å². The molecule has 13 heteroatoms. The molecule has 0 saturated carbocycles. The number of hydrogen-bond acceptors (Lipinski definition) is 13. The zero-order valence-electron chi connectivity index (χ0n) is 31.7. The second-order valence-corrected chi connectivity index (χ2v) is 10.7. The molecular formula is C36H65NO12. The summed E-state index contributed by atoms with van der Waals surface area (Å²) in [5.74, 6) is -1.35. The summed E-state index contributed by atoms with van der Waals surface area (Å²) in [6.45, 7) is 29.8. The first kappa shape index (κ1) is 52.5. The number of rotatable bonds is 23. The first-order valence-corrected chi connectivity index (χ1v) is 16.4. The Hall–Kier alpha value is -3.36. The maximum absolute atomic E-state index is 11.2. The van der Waals surface area contributed by atoms with E-state index in [-0.39, 0.29) is 37.7 Å². The van der Waals surface area contributed by atoms with Gasteiger partial charge in [0, 0.05) is 35.4 Å². The molecule has 0 rings (SSSR count). The highest BCUT2D eigenvalue weighted by molar-refractivity contribution is 5.88. The number of aliphatic hydroxyl groups is 1. The second kappa shape index (κ2) is 37.5. The van der Waals surface area contributed by atoms with Gasteiger partial charge in [-0.05, 0) is 61.6 Å². The third-order valence-electron chi connectivity index (χ3n) is 5.10. The average molecular weight is 704 g/mol. The zero-order chi connectivity index (χ0) is 38.6. The molecule has 49 heavy (non-hydrogen) atoms. The molecule has 0 aromatic heterocycles. The molecule has 0 fully saturated rings. The minimum absolute atomic E-state index is 0.0134. The SMILES string of the molecule is C=C(C)C(=O)OCC(OCC)OCCOCCO.C=C(C)C(=O)OCCCC.C=C(C)C(=O)OCCCC.C=C(C)C(=O)OCCN(C)C. The summed E-state index contributed by atoms with van der Waals surface area (Å²) in [6.07, 6.45) is 3.33. The number of nitrogens with zero attached hydrogens (tertiary/aromatic N) is 1. The predicted molar refractivity (Wildman–Crippen MR) is 191 cm³/mol. The fourth-order valence-electron chi connectivity index (χ4n) is 2.31. The van der Waals surface area contributed by atoms with Crippen LogP contribution in [0.4, 0.5) is 0 Å². The molecule has 13 nitrogen and oxygen atoms in total. The summed E-state index contributed by atoms with van der Waals surface area (Å²) < 4.78 is 35.0. The molecule has 1 unspecified atom stereocenters. The van der Waals surface area contributed by atoms with Crippen LogP contribution in [0, 0.1) is 0 Å². The third kappa shape index (κ3) is 42.6. The van der Waals surface area contributed by atoms with Gasteiger partial charge in [-0.1, -0.05) is 53.0 Å². The standard InChI is InChI=1S/C12H22O6.C8H15NO2.2C8H14O2/c1-4-16-11(9-18-12(14)10(2)3)17-8-7-15-6-5-13;1-7(2)8(10)11-6-5-9(3)4;2*1-4-5-6-10-8(9)7(2)3/h11,13H,2,4-9H2,1,3H3;1,5-6H2,2-4H3;2*2,4-6H2,1,3H3. The maximum atomic E-state index is 11.2. The van der Waals surface area contributed by atoms with Gasteiger partial charge in [0.1, 0.15) is 13.2 Å². The highest BCUT2D eigenvalue weighted by Crippen LogP contribution is 2.00. The smallest absolute Gasteiger partial charge is 0.333 e. The van der Waals surface area contributed by atoms with Crippen LogP contribution in [0.1, 0.15) is 74.1 Å². The van der Waals surface area contributed by atoms with E-state index in [4.69, 9.17) is 38.3 Å². The van der Waals surface area contributed by atoms with Crippen molar-refractivity contribution in [1.29, 1.82) is 0 Å². The lowest BCUT2D eigenvalue weighted by Gasteiger charge is -2.17. The average Bonchev–Trinajstić information content (AvgIpc) is 3.03. The zero-order valence-corrected chi connectivity index (χ0v) is 31.7. The molecule has 0 amide bonds. The molecule has 0 aliphatic carbocycles. The number of hydrogen-bond donors (Lipinski definition) is 1. The molecule has 0 aliphatic heterocycles. The summed E-state index contributed by atoms with van der Waals surface area (Å²) in [6, 6.07) is 0. The Balaban J connectivity index is -0.000000286. The highest BCUT2D eigenvalue weighted by Gasteiger charge is 2.12. The molecule has 0 saturated heterocycles. The third-order valence-corrected chi connectivity index (χ3v) is 5.10. The van der Waals surface area contributed by atoms with Crippen LogP contribution >= 0.6 is 0 Å². The van der Waals surface area contributed by atoms with E-state index in [1.165, 1.54) is 0 Å². The van der Waals surface area contributed by atoms with Crippen molar-refractivity contribution < 1.29 is 57.4 Å². The van der Waals surface area contributed by atoms with E-state index in [0.717, 1.165) is 32.2 Å². The molecule has 0 spiro atoms. The topological polar surface area (TPSA) is 156 Å². The van der Waals surface area contributed by atoms with Crippen LogP contribution < -0.4 is 0 Å². The summed E-state index contributed by atoms with van der Waals surface area (Å²) in [5, 5.41) is 8.50. The molecule has 0 aliphatic rings. The minimum atomic E-state index is -0.615. The van der Waals surface area contributed by atoms with Crippen molar-refractivity contribution in [3.63, 3.8) is 0 Å². The predicted octanol–water partition coefficient (Wildman–Crippen LogP) is 4.97. The number of ether oxygens (including phenoxy) is 7. The molecule has 0 aromatic carbocycles. The van der Waals surface area contributed by atoms with Gasteiger partial charge >= 0.3 is 23.9 Å². The molecule has 1 atom stereocenters. The van der Waals surface area contributed by atoms with Gasteiger partial charge in [-0.2, -0.15) is 0 Å². The van der Waals surface area contributed by atoms with E-state index in [9.17, 15) is 19.2 Å². The molecule has 1 N–H and O–H groups in total. The van der Waals surface area contributed by atoms with E-state index in [0.29, 0.717) is 61.9 Å². The second-order valence-electron chi connectivity index (χ2n) is 10.7. The van der Waals surface area contributed by atoms with Crippen LogP contribution in [-0.2, 0) is 52.3 Å². The number of likely N-dealkylation sites (N-methyl/N-ethyl adjacent to an activating group) is 1. The van der Waals surface area contributed by atoms with E-state index in [1.54, 1.807) is 27.7 Å². The van der Waals surface area contributed by atoms with Crippen LogP contribution in [0.5, 0.6) is 0 Å². The van der Waals surface area contributed by atoms with Crippen molar-refractivity contribution in [2.45, 2.75) is 80.4 Å². The van der Waals surface area contributed by atoms with Crippen LogP contribution in [0.3, 0.4) is 0 Å². The number of esters is 4. The lowest BCUT2D eigenvalue weighted by molar-refractivity contribution is -0.182. The molecule has 0 aromatic rings. The Morgan fingerprint density at radius 2 is 1.00 bits per heavy atom. The normalized spacial score (nSPS) is 10.3. The largest absolute Gasteiger partial charge is 0.462 e. The molecule has 0 radical (unpaired) electrons. The van der Waals surface area contributed by atoms with Gasteiger partial charge in [-0.25, -0.2) is 19.2 Å². The molecule has 0 bridgehead atoms. The van der Waals surface area contributed by atoms with Gasteiger partial charge < -0.3 is 43.2 Å². The van der Waals surface area contributed by atoms with E-state index >= 15 is 0 Å². The van der Waals surface area contributed by atoms with Crippen molar-refractivity contribution >= 4 is 23.9 Å². The summed E-state index contributed by atoms with van der Waals surface area (Å²) >= 11 is 0. The van der Waals surface area contributed by atoms with Gasteiger partial charge in [0.25, 0.3) is 0 Å². The Kier molecular flexibility index (Phi) is 40.1. The van der Waals surface area contributed by atoms with Crippen molar-refractivity contribution in [1.82, 2.24) is 4.90 Å². The van der Waals surface area contributed by atoms with Gasteiger partial charge in [-0.3, -0.25) is 0 Å². The Labute approximate surface area is 295 Å². The Morgan fingerprint density at radius 1 is 0.592 bits per heavy atom. The summed E-state index contributed by atoms with van der Waals surface area (Å²) in [7, 11) is 3.85. The van der Waals surface area contributed by atoms with Gasteiger partial charge in [0.15, 0.2) is 6.29 Å². The van der Waals surface area contributed by atoms with Crippen molar-refractivity contribution in [2.24, 2.45) is 0 Å². The number of carbonyl (C=O) groups excluding carboxylic acids is 4. The van der Waals surface area contributed by atoms with Gasteiger partial charge in [-0.15, -0.1) is 0 Å². The van der Waals surface area contributed by atoms with Crippen LogP contribution in [-0.4, -0.2) is 120 Å². The maximum Gasteiger partial charge on any atom is 0.333 e. The number of aliphatic hydroxyl groups excluding tert-OH is 1. The van der Waals surface area contributed by atoms with Crippen molar-refractivity contribution in [3.05, 3.63) is 48.6 Å². The van der Waals surface area contributed by atoms with Crippen LogP contribution in [0.15, 0.2) is 48.6 Å². The fraction of sp³-hybridized carbons (Fsp3) is 0.667. The highest BCUT2D eigenvalue weighted by atomic mass is 16.7. The monoisotopic (exact) mass is 703 g/mol. The first-order valence-electron chi connectivity index (χ1n) is 16.4. The summed E-state index contributed by atoms with van der Waals surface area (Å²) in [4.78, 5) is 45.3. The van der Waals surface area contributed by atoms with E-state index in [2.05, 4.69) is 40.2 Å². The molecular weight excluding hydrogens is 638 g/mol. The number of carbonyl (C=O) groups is 4. The number of unbranched alkanes of at least 4 members (excludes halogenated alkanes) is 2. The van der Waals surface area contributed by atoms with Crippen molar-refractivity contribution in [3.8, 4) is 0 Å². The Bertz CT molecular complexity index is 914. The van der Waals surface area contributed by atoms with Crippen LogP contribution in [0.25, 0.3) is 0 Å². The quantitative estimate of drug-likeness (QED) is 0.0501. The first-order chi connectivity index (χ1) is 23.0. The van der Waals surface area contributed by atoms with E-state index < -0.39 is 12.3 Å². The molecule has 286 valence electrons. The Morgan fingerprint density at radius 3 is 1.35 bits per heavy atom. The van der Waals surface area contributed by atoms with E-state index in [1.807, 2.05) is 25.9 Å². The molecule has 0 heterocycles. The minimum Gasteiger partial charge on any atom is -0.462 e. The lowest BCUT2D eigenvalue weighted by atomic mass is 10.3. The van der Waals surface area contributed by atoms with Gasteiger partial charge in [0.2, 0.25) is 0 Å². The lowest BCUT2D eigenvalue weighted by Crippen LogP contribution is -2.27. The van der Waals surface area contributed by atoms with Crippen LogP contribution in [0.2, 0.25) is 0 Å².